The molecule has 1 nitrogen and oxygen atoms in total. The Morgan fingerprint density at radius 1 is 1.00 bits per heavy atom. The second-order valence-corrected chi connectivity index (χ2v) is 3.35. The second-order valence-electron chi connectivity index (χ2n) is 3.35. The van der Waals surface area contributed by atoms with Crippen molar-refractivity contribution in [1.82, 2.24) is 0 Å². The lowest BCUT2D eigenvalue weighted by Crippen LogP contribution is -1.99. The van der Waals surface area contributed by atoms with E-state index in [4.69, 9.17) is 0 Å². The van der Waals surface area contributed by atoms with Crippen LogP contribution in [0.3, 0.4) is 0 Å². The van der Waals surface area contributed by atoms with Gasteiger partial charge in [-0.2, -0.15) is 0 Å². The zero-order chi connectivity index (χ0) is 9.10. The number of allylic oxidation sites excluding steroid dienone is 1. The van der Waals surface area contributed by atoms with E-state index in [9.17, 15) is 4.79 Å². The first-order valence-electron chi connectivity index (χ1n) is 4.65. The van der Waals surface area contributed by atoms with Crippen molar-refractivity contribution in [3.05, 3.63) is 41.5 Å². The molecule has 0 saturated heterocycles. The Bertz CT molecular complexity index is 350. The van der Waals surface area contributed by atoms with E-state index in [0.29, 0.717) is 6.42 Å². The van der Waals surface area contributed by atoms with Crippen molar-refractivity contribution < 1.29 is 4.79 Å². The topological polar surface area (TPSA) is 17.1 Å². The fourth-order valence-electron chi connectivity index (χ4n) is 1.64. The van der Waals surface area contributed by atoms with Gasteiger partial charge >= 0.3 is 0 Å². The van der Waals surface area contributed by atoms with Gasteiger partial charge in [0.2, 0.25) is 0 Å². The van der Waals surface area contributed by atoms with Gasteiger partial charge < -0.3 is 0 Å². The van der Waals surface area contributed by atoms with Gasteiger partial charge in [0, 0.05) is 6.42 Å². The Kier molecular flexibility index (Phi) is 2.26. The zero-order valence-electron chi connectivity index (χ0n) is 7.49. The molecule has 1 aliphatic carbocycles. The van der Waals surface area contributed by atoms with Gasteiger partial charge in [-0.15, -0.1) is 0 Å². The summed E-state index contributed by atoms with van der Waals surface area (Å²) in [5, 5.41) is 0. The van der Waals surface area contributed by atoms with Crippen molar-refractivity contribution >= 4 is 11.9 Å². The van der Waals surface area contributed by atoms with Crippen molar-refractivity contribution in [2.45, 2.75) is 19.3 Å². The van der Waals surface area contributed by atoms with E-state index in [1.54, 1.807) is 6.08 Å². The molecule has 0 atom stereocenters. The minimum Gasteiger partial charge on any atom is -0.295 e. The molecule has 0 heterocycles. The number of ketones is 1. The fourth-order valence-corrected chi connectivity index (χ4v) is 1.64. The van der Waals surface area contributed by atoms with Gasteiger partial charge in [-0.05, 0) is 30.0 Å². The van der Waals surface area contributed by atoms with Gasteiger partial charge in [-0.25, -0.2) is 0 Å². The molecular formula is C12H12O. The Morgan fingerprint density at radius 3 is 2.77 bits per heavy atom. The molecule has 0 aromatic heterocycles. The summed E-state index contributed by atoms with van der Waals surface area (Å²) in [5.41, 5.74) is 2.54. The van der Waals surface area contributed by atoms with Crippen LogP contribution in [0.4, 0.5) is 0 Å². The molecule has 0 saturated carbocycles. The molecule has 0 unspecified atom stereocenters. The third-order valence-electron chi connectivity index (χ3n) is 2.37. The molecule has 0 bridgehead atoms. The van der Waals surface area contributed by atoms with Gasteiger partial charge in [0.25, 0.3) is 0 Å². The van der Waals surface area contributed by atoms with Gasteiger partial charge in [0.1, 0.15) is 0 Å². The number of fused-ring (bicyclic) bond motifs is 1. The smallest absolute Gasteiger partial charge is 0.155 e. The minimum atomic E-state index is 0.245. The van der Waals surface area contributed by atoms with Crippen LogP contribution >= 0.6 is 0 Å². The standard InChI is InChI=1S/C12H12O/c13-12-7-3-6-10-4-1-2-5-11(10)8-9-12/h1-2,4-5,8-9H,3,6-7H2. The van der Waals surface area contributed by atoms with E-state index < -0.39 is 0 Å². The first-order chi connectivity index (χ1) is 6.36. The van der Waals surface area contributed by atoms with Crippen molar-refractivity contribution in [1.29, 1.82) is 0 Å². The molecule has 0 N–H and O–H groups in total. The van der Waals surface area contributed by atoms with E-state index in [1.165, 1.54) is 11.1 Å². The largest absolute Gasteiger partial charge is 0.295 e. The number of carbonyl (C=O) groups is 1. The first-order valence-corrected chi connectivity index (χ1v) is 4.65. The molecule has 1 aliphatic rings. The molecule has 0 aliphatic heterocycles. The third kappa shape index (κ3) is 1.86. The maximum Gasteiger partial charge on any atom is 0.155 e. The zero-order valence-corrected chi connectivity index (χ0v) is 7.49. The highest BCUT2D eigenvalue weighted by atomic mass is 16.1. The fraction of sp³-hybridized carbons (Fsp3) is 0.250. The van der Waals surface area contributed by atoms with E-state index in [1.807, 2.05) is 12.1 Å². The van der Waals surface area contributed by atoms with Crippen LogP contribution in [0.2, 0.25) is 0 Å². The monoisotopic (exact) mass is 172 g/mol. The molecule has 13 heavy (non-hydrogen) atoms. The predicted molar refractivity (Wildman–Crippen MR) is 53.4 cm³/mol. The molecule has 1 heteroatoms. The Balaban J connectivity index is 2.39. The quantitative estimate of drug-likeness (QED) is 0.588. The Morgan fingerprint density at radius 2 is 1.85 bits per heavy atom. The molecule has 0 radical (unpaired) electrons. The minimum absolute atomic E-state index is 0.245. The summed E-state index contributed by atoms with van der Waals surface area (Å²) in [4.78, 5) is 11.2. The van der Waals surface area contributed by atoms with Crippen LogP contribution in [0.5, 0.6) is 0 Å². The molecule has 0 fully saturated rings. The number of rotatable bonds is 0. The van der Waals surface area contributed by atoms with Gasteiger partial charge in [0.15, 0.2) is 5.78 Å². The number of hydrogen-bond acceptors (Lipinski definition) is 1. The van der Waals surface area contributed by atoms with Crippen LogP contribution in [0.15, 0.2) is 30.3 Å². The van der Waals surface area contributed by atoms with E-state index >= 15 is 0 Å². The van der Waals surface area contributed by atoms with E-state index in [0.717, 1.165) is 12.8 Å². The van der Waals surface area contributed by atoms with Crippen molar-refractivity contribution in [3.63, 3.8) is 0 Å². The molecule has 1 aromatic carbocycles. The summed E-state index contributed by atoms with van der Waals surface area (Å²) in [6.07, 6.45) is 6.30. The molecule has 1 aromatic rings. The molecule has 2 rings (SSSR count). The van der Waals surface area contributed by atoms with Gasteiger partial charge in [-0.1, -0.05) is 30.3 Å². The van der Waals surface area contributed by atoms with Crippen molar-refractivity contribution in [3.8, 4) is 0 Å². The van der Waals surface area contributed by atoms with E-state index in [2.05, 4.69) is 18.2 Å². The summed E-state index contributed by atoms with van der Waals surface area (Å²) in [6.45, 7) is 0. The molecular weight excluding hydrogens is 160 g/mol. The highest BCUT2D eigenvalue weighted by Crippen LogP contribution is 2.16. The van der Waals surface area contributed by atoms with Crippen LogP contribution in [-0.4, -0.2) is 5.78 Å². The van der Waals surface area contributed by atoms with Crippen LogP contribution in [0, 0.1) is 0 Å². The van der Waals surface area contributed by atoms with Crippen LogP contribution in [0.1, 0.15) is 24.0 Å². The predicted octanol–water partition coefficient (Wildman–Crippen LogP) is 2.61. The number of aryl methyl sites for hydroxylation is 1. The third-order valence-corrected chi connectivity index (χ3v) is 2.37. The molecule has 0 spiro atoms. The SMILES string of the molecule is O=C1C=Cc2ccccc2CCC1. The van der Waals surface area contributed by atoms with Crippen molar-refractivity contribution in [2.75, 3.05) is 0 Å². The van der Waals surface area contributed by atoms with Gasteiger partial charge in [-0.3, -0.25) is 4.79 Å². The number of benzene rings is 1. The molecule has 0 amide bonds. The summed E-state index contributed by atoms with van der Waals surface area (Å²) < 4.78 is 0. The first kappa shape index (κ1) is 8.24. The number of carbonyl (C=O) groups excluding carboxylic acids is 1. The highest BCUT2D eigenvalue weighted by molar-refractivity contribution is 5.94. The average Bonchev–Trinajstić information content (AvgIpc) is 2.13. The van der Waals surface area contributed by atoms with Crippen LogP contribution in [-0.2, 0) is 11.2 Å². The summed E-state index contributed by atoms with van der Waals surface area (Å²) in [6, 6.07) is 8.26. The highest BCUT2D eigenvalue weighted by Gasteiger charge is 2.04. The second kappa shape index (κ2) is 3.56. The Hall–Kier alpha value is -1.37. The molecule has 66 valence electrons. The summed E-state index contributed by atoms with van der Waals surface area (Å²) in [7, 11) is 0. The van der Waals surface area contributed by atoms with Gasteiger partial charge in [0.05, 0.1) is 0 Å². The summed E-state index contributed by atoms with van der Waals surface area (Å²) in [5.74, 6) is 0.245. The average molecular weight is 172 g/mol. The number of hydrogen-bond donors (Lipinski definition) is 0. The van der Waals surface area contributed by atoms with Crippen LogP contribution in [0.25, 0.3) is 6.08 Å². The normalized spacial score (nSPS) is 16.2. The lowest BCUT2D eigenvalue weighted by Gasteiger charge is -2.07. The lowest BCUT2D eigenvalue weighted by atomic mass is 9.97. The van der Waals surface area contributed by atoms with Crippen LogP contribution < -0.4 is 0 Å². The van der Waals surface area contributed by atoms with E-state index in [-0.39, 0.29) is 5.78 Å². The Labute approximate surface area is 78.1 Å². The maximum atomic E-state index is 11.2. The summed E-state index contributed by atoms with van der Waals surface area (Å²) >= 11 is 0. The maximum absolute atomic E-state index is 11.2. The van der Waals surface area contributed by atoms with Crippen molar-refractivity contribution in [2.24, 2.45) is 0 Å². The lowest BCUT2D eigenvalue weighted by molar-refractivity contribution is -0.114.